The van der Waals surface area contributed by atoms with E-state index in [1.165, 1.54) is 134 Å². The van der Waals surface area contributed by atoms with Crippen LogP contribution in [0.1, 0.15) is 265 Å². The van der Waals surface area contributed by atoms with Crippen LogP contribution in [0, 0.1) is 0 Å². The molecule has 11 N–H and O–H groups in total. The number of unbranched alkanes of at least 4 members (excludes halogenated alkanes) is 33. The summed E-state index contributed by atoms with van der Waals surface area (Å²) >= 11 is 0. The van der Waals surface area contributed by atoms with Gasteiger partial charge in [-0.2, -0.15) is 0 Å². The molecule has 0 radical (unpaired) electrons. The van der Waals surface area contributed by atoms with Gasteiger partial charge in [-0.1, -0.05) is 244 Å². The van der Waals surface area contributed by atoms with E-state index < -0.39 is 156 Å². The number of hydrogen-bond acceptors (Lipinski definition) is 23. The van der Waals surface area contributed by atoms with Gasteiger partial charge in [0.2, 0.25) is 0 Å². The van der Waals surface area contributed by atoms with Gasteiger partial charge in [0.1, 0.15) is 98.7 Å². The van der Waals surface area contributed by atoms with Gasteiger partial charge >= 0.3 is 25.7 Å². The maximum Gasteiger partial charge on any atom is 0.472 e. The lowest BCUT2D eigenvalue weighted by molar-refractivity contribution is -0.360. The number of phosphoric ester groups is 1. The lowest BCUT2D eigenvalue weighted by Crippen LogP contribution is -2.69. The Morgan fingerprint density at radius 2 is 0.819 bits per heavy atom. The van der Waals surface area contributed by atoms with Crippen LogP contribution >= 0.6 is 7.82 Å². The number of allylic oxidation sites excluding steroid dienone is 3. The van der Waals surface area contributed by atoms with Gasteiger partial charge in [-0.05, 0) is 25.7 Å². The number of aliphatic hydroxyl groups excluding tert-OH is 10. The van der Waals surface area contributed by atoms with Crippen LogP contribution in [0.3, 0.4) is 0 Å². The fourth-order valence-electron chi connectivity index (χ4n) is 11.9. The Labute approximate surface area is 560 Å². The minimum atomic E-state index is -5.70. The number of esters is 3. The van der Waals surface area contributed by atoms with Crippen molar-refractivity contribution in [3.63, 3.8) is 0 Å². The third-order valence-electron chi connectivity index (χ3n) is 17.8. The second-order valence-electron chi connectivity index (χ2n) is 26.0. The zero-order valence-corrected chi connectivity index (χ0v) is 57.9. The molecule has 18 unspecified atom stereocenters. The fraction of sp³-hybridized carbons (Fsp3) is 0.899. The monoisotopic (exact) mass is 1370 g/mol. The first-order valence-corrected chi connectivity index (χ1v) is 37.7. The maximum atomic E-state index is 14.3. The number of hydrogen-bond donors (Lipinski definition) is 11. The average molecular weight is 1370 g/mol. The summed E-state index contributed by atoms with van der Waals surface area (Å²) in [4.78, 5) is 50.7. The van der Waals surface area contributed by atoms with Crippen molar-refractivity contribution in [2.24, 2.45) is 0 Å². The molecule has 24 nitrogen and oxygen atoms in total. The van der Waals surface area contributed by atoms with Crippen LogP contribution in [0.2, 0.25) is 0 Å². The van der Waals surface area contributed by atoms with E-state index in [-0.39, 0.29) is 12.8 Å². The molecule has 3 fully saturated rings. The molecule has 18 atom stereocenters. The fourth-order valence-corrected chi connectivity index (χ4v) is 12.9. The van der Waals surface area contributed by atoms with Crippen molar-refractivity contribution >= 4 is 25.7 Å². The van der Waals surface area contributed by atoms with E-state index in [1.54, 1.807) is 6.08 Å². The summed E-state index contributed by atoms with van der Waals surface area (Å²) in [6, 6.07) is 0. The Hall–Kier alpha value is -2.56. The average Bonchev–Trinajstić information content (AvgIpc) is 0.766. The number of rotatable bonds is 55. The number of carbonyl (C=O) groups is 3. The minimum Gasteiger partial charge on any atom is -0.462 e. The summed E-state index contributed by atoms with van der Waals surface area (Å²) in [7, 11) is -5.70. The molecule has 2 saturated heterocycles. The zero-order valence-electron chi connectivity index (χ0n) is 57.0. The van der Waals surface area contributed by atoms with Crippen molar-refractivity contribution < 1.29 is 117 Å². The summed E-state index contributed by atoms with van der Waals surface area (Å²) in [5.41, 5.74) is 0. The van der Waals surface area contributed by atoms with Crippen molar-refractivity contribution in [3.05, 3.63) is 24.3 Å². The molecule has 3 rings (SSSR count). The van der Waals surface area contributed by atoms with Crippen LogP contribution in [-0.2, 0) is 61.2 Å². The number of aliphatic hydroxyl groups is 10. The third kappa shape index (κ3) is 35.0. The topological polar surface area (TPSA) is 374 Å². The predicted molar refractivity (Wildman–Crippen MR) is 351 cm³/mol. The minimum absolute atomic E-state index is 0.0392. The molecule has 1 aliphatic carbocycles. The first-order chi connectivity index (χ1) is 45.3. The molecule has 1 saturated carbocycles. The molecular formula is C69H125O24P. The molecule has 25 heteroatoms. The molecule has 3 aliphatic rings. The molecule has 0 spiro atoms. The van der Waals surface area contributed by atoms with Crippen LogP contribution in [0.15, 0.2) is 24.3 Å². The van der Waals surface area contributed by atoms with Crippen molar-refractivity contribution in [2.75, 3.05) is 26.4 Å². The summed E-state index contributed by atoms with van der Waals surface area (Å²) in [6.07, 6.45) is 10.5. The van der Waals surface area contributed by atoms with Crippen LogP contribution in [0.25, 0.3) is 0 Å². The number of phosphoric acid groups is 1. The highest BCUT2D eigenvalue weighted by atomic mass is 31.2. The molecule has 550 valence electrons. The van der Waals surface area contributed by atoms with Gasteiger partial charge in [0.25, 0.3) is 0 Å². The van der Waals surface area contributed by atoms with Gasteiger partial charge in [-0.15, -0.1) is 0 Å². The molecule has 0 bridgehead atoms. The molecule has 94 heavy (non-hydrogen) atoms. The maximum absolute atomic E-state index is 14.3. The highest BCUT2D eigenvalue weighted by Crippen LogP contribution is 2.49. The van der Waals surface area contributed by atoms with Crippen LogP contribution in [0.5, 0.6) is 0 Å². The summed E-state index contributed by atoms with van der Waals surface area (Å²) < 4.78 is 64.7. The van der Waals surface area contributed by atoms with Gasteiger partial charge in [0.15, 0.2) is 18.7 Å². The SMILES string of the molecule is CCCCCCCCCCCCC/C=C/C=C/C(=O)OCC1OC(OC2C(O)C(O)C(O)C(OC3OC(CO)C(O)C(O)C3O)C2OP(=O)(O)OCC(COC(=O)CCCCCCCCCCCCCC)OC(=O)CCCCCCCCCCCCCC)C(O)C(O)C1O. The van der Waals surface area contributed by atoms with Gasteiger partial charge in [0, 0.05) is 18.9 Å². The quantitative estimate of drug-likeness (QED) is 0.00675. The van der Waals surface area contributed by atoms with Gasteiger partial charge in [-0.3, -0.25) is 18.6 Å². The molecule has 0 aromatic rings. The lowest BCUT2D eigenvalue weighted by Gasteiger charge is -2.49. The van der Waals surface area contributed by atoms with Crippen molar-refractivity contribution in [3.8, 4) is 0 Å². The summed E-state index contributed by atoms with van der Waals surface area (Å²) in [5.74, 6) is -2.22. The van der Waals surface area contributed by atoms with Crippen LogP contribution < -0.4 is 0 Å². The van der Waals surface area contributed by atoms with Crippen LogP contribution in [-0.4, -0.2) is 204 Å². The number of ether oxygens (including phenoxy) is 7. The van der Waals surface area contributed by atoms with E-state index in [4.69, 9.17) is 42.2 Å². The Morgan fingerprint density at radius 3 is 1.26 bits per heavy atom. The molecule has 0 aromatic heterocycles. The zero-order chi connectivity index (χ0) is 68.9. The van der Waals surface area contributed by atoms with E-state index in [0.717, 1.165) is 96.0 Å². The van der Waals surface area contributed by atoms with Crippen molar-refractivity contribution in [1.29, 1.82) is 0 Å². The molecule has 0 amide bonds. The Bertz CT molecular complexity index is 2050. The van der Waals surface area contributed by atoms with Crippen LogP contribution in [0.4, 0.5) is 0 Å². The lowest BCUT2D eigenvalue weighted by atomic mass is 9.84. The predicted octanol–water partition coefficient (Wildman–Crippen LogP) is 8.96. The van der Waals surface area contributed by atoms with E-state index in [9.17, 15) is 74.9 Å². The Balaban J connectivity index is 1.76. The van der Waals surface area contributed by atoms with Crippen molar-refractivity contribution in [1.82, 2.24) is 0 Å². The smallest absolute Gasteiger partial charge is 0.462 e. The second-order valence-corrected chi connectivity index (χ2v) is 27.4. The highest BCUT2D eigenvalue weighted by molar-refractivity contribution is 7.47. The van der Waals surface area contributed by atoms with E-state index in [1.807, 2.05) is 6.08 Å². The molecule has 2 aliphatic heterocycles. The molecule has 0 aromatic carbocycles. The largest absolute Gasteiger partial charge is 0.472 e. The normalized spacial score (nSPS) is 28.4. The van der Waals surface area contributed by atoms with E-state index in [0.29, 0.717) is 12.8 Å². The Morgan fingerprint density at radius 1 is 0.436 bits per heavy atom. The molecule has 2 heterocycles. The standard InChI is InChI=1S/C69H125O24P/c1-4-7-10-13-16-19-22-25-26-27-30-32-35-38-41-44-54(72)86-49-52-57(75)59(77)64(82)69(90-52)92-66-62(80)60(78)61(79)65(91-68-63(81)58(76)56(74)51(46-70)89-68)67(66)93-94(83,84)87-48-50(88-55(73)45-42-39-36-33-29-24-21-18-15-12-9-6-3)47-85-53(71)43-40-37-34-31-28-23-20-17-14-11-8-5-2/h35,38,41,44,50-52,56-70,74-82H,4-34,36-37,39-40,42-43,45-49H2,1-3H3,(H,83,84)/b38-35+,44-41+. The summed E-state index contributed by atoms with van der Waals surface area (Å²) in [6.45, 7) is 3.33. The molecular weight excluding hydrogens is 1240 g/mol. The first kappa shape index (κ1) is 85.7. The number of carbonyl (C=O) groups excluding carboxylic acids is 3. The first-order valence-electron chi connectivity index (χ1n) is 36.2. The Kier molecular flexibility index (Phi) is 47.0. The van der Waals surface area contributed by atoms with E-state index >= 15 is 0 Å². The summed E-state index contributed by atoms with van der Waals surface area (Å²) in [5, 5.41) is 110. The van der Waals surface area contributed by atoms with Gasteiger partial charge < -0.3 is 89.1 Å². The van der Waals surface area contributed by atoms with Crippen molar-refractivity contribution in [2.45, 2.75) is 369 Å². The third-order valence-corrected chi connectivity index (χ3v) is 18.8. The van der Waals surface area contributed by atoms with Gasteiger partial charge in [0.05, 0.1) is 13.2 Å². The van der Waals surface area contributed by atoms with E-state index in [2.05, 4.69) is 20.8 Å². The van der Waals surface area contributed by atoms with Gasteiger partial charge in [-0.25, -0.2) is 9.36 Å². The second kappa shape index (κ2) is 51.6. The highest BCUT2D eigenvalue weighted by Gasteiger charge is 2.58.